The first kappa shape index (κ1) is 8.73. The highest BCUT2D eigenvalue weighted by Gasteiger charge is 2.22. The molecular weight excluding hydrogens is 160 g/mol. The first-order valence-corrected chi connectivity index (χ1v) is 4.78. The molecule has 0 spiro atoms. The molecule has 13 heavy (non-hydrogen) atoms. The van der Waals surface area contributed by atoms with Gasteiger partial charge in [0.05, 0.1) is 0 Å². The molecule has 1 aromatic rings. The highest BCUT2D eigenvalue weighted by Crippen LogP contribution is 2.14. The van der Waals surface area contributed by atoms with Crippen molar-refractivity contribution in [2.45, 2.75) is 19.5 Å². The quantitative estimate of drug-likeness (QED) is 0.732. The Morgan fingerprint density at radius 3 is 2.69 bits per heavy atom. The van der Waals surface area contributed by atoms with E-state index in [-0.39, 0.29) is 0 Å². The molecule has 0 saturated carbocycles. The van der Waals surface area contributed by atoms with E-state index in [1.165, 1.54) is 11.1 Å². The molecule has 2 rings (SSSR count). The molecular formula is C11H16N2. The van der Waals surface area contributed by atoms with E-state index in [1.54, 1.807) is 0 Å². The van der Waals surface area contributed by atoms with Gasteiger partial charge in [0.15, 0.2) is 0 Å². The zero-order valence-corrected chi connectivity index (χ0v) is 8.03. The summed E-state index contributed by atoms with van der Waals surface area (Å²) in [5.41, 5.74) is 8.52. The molecule has 1 aromatic carbocycles. The van der Waals surface area contributed by atoms with Crippen molar-refractivity contribution in [1.29, 1.82) is 0 Å². The molecule has 0 aromatic heterocycles. The first-order chi connectivity index (χ1) is 6.25. The van der Waals surface area contributed by atoms with E-state index in [9.17, 15) is 0 Å². The monoisotopic (exact) mass is 176 g/mol. The van der Waals surface area contributed by atoms with E-state index < -0.39 is 0 Å². The van der Waals surface area contributed by atoms with Crippen LogP contribution in [0.2, 0.25) is 0 Å². The SMILES string of the molecule is Cc1ccccc1CN1CC(N)C1. The third-order valence-corrected chi connectivity index (χ3v) is 2.64. The Balaban J connectivity index is 1.98. The Labute approximate surface area is 79.4 Å². The molecule has 0 unspecified atom stereocenters. The van der Waals surface area contributed by atoms with Crippen LogP contribution in [0.1, 0.15) is 11.1 Å². The number of hydrogen-bond donors (Lipinski definition) is 1. The number of nitrogens with zero attached hydrogens (tertiary/aromatic N) is 1. The molecule has 2 N–H and O–H groups in total. The van der Waals surface area contributed by atoms with E-state index in [4.69, 9.17) is 5.73 Å². The summed E-state index contributed by atoms with van der Waals surface area (Å²) in [5, 5.41) is 0. The van der Waals surface area contributed by atoms with Crippen LogP contribution in [0, 0.1) is 6.92 Å². The van der Waals surface area contributed by atoms with Crippen LogP contribution in [-0.2, 0) is 6.54 Å². The lowest BCUT2D eigenvalue weighted by Crippen LogP contribution is -2.54. The molecule has 2 nitrogen and oxygen atoms in total. The van der Waals surface area contributed by atoms with Crippen LogP contribution in [0.15, 0.2) is 24.3 Å². The summed E-state index contributed by atoms with van der Waals surface area (Å²) in [6, 6.07) is 8.95. The number of aryl methyl sites for hydroxylation is 1. The third kappa shape index (κ3) is 1.90. The van der Waals surface area contributed by atoms with Crippen molar-refractivity contribution in [3.8, 4) is 0 Å². The van der Waals surface area contributed by atoms with Gasteiger partial charge in [-0.1, -0.05) is 24.3 Å². The van der Waals surface area contributed by atoms with Gasteiger partial charge in [0, 0.05) is 25.7 Å². The van der Waals surface area contributed by atoms with E-state index in [2.05, 4.69) is 36.1 Å². The molecule has 1 heterocycles. The molecule has 1 saturated heterocycles. The van der Waals surface area contributed by atoms with Gasteiger partial charge in [-0.25, -0.2) is 0 Å². The van der Waals surface area contributed by atoms with Gasteiger partial charge in [0.1, 0.15) is 0 Å². The van der Waals surface area contributed by atoms with Crippen molar-refractivity contribution in [2.24, 2.45) is 5.73 Å². The Kier molecular flexibility index (Phi) is 2.34. The van der Waals surface area contributed by atoms with E-state index in [0.717, 1.165) is 19.6 Å². The second kappa shape index (κ2) is 3.48. The average molecular weight is 176 g/mol. The maximum Gasteiger partial charge on any atom is 0.0297 e. The van der Waals surface area contributed by atoms with Gasteiger partial charge >= 0.3 is 0 Å². The van der Waals surface area contributed by atoms with Crippen molar-refractivity contribution >= 4 is 0 Å². The van der Waals surface area contributed by atoms with Crippen LogP contribution in [-0.4, -0.2) is 24.0 Å². The van der Waals surface area contributed by atoms with Gasteiger partial charge in [-0.2, -0.15) is 0 Å². The molecule has 0 bridgehead atoms. The van der Waals surface area contributed by atoms with Gasteiger partial charge in [-0.3, -0.25) is 4.90 Å². The van der Waals surface area contributed by atoms with Crippen LogP contribution in [0.5, 0.6) is 0 Å². The second-order valence-electron chi connectivity index (χ2n) is 3.88. The van der Waals surface area contributed by atoms with Crippen molar-refractivity contribution < 1.29 is 0 Å². The highest BCUT2D eigenvalue weighted by molar-refractivity contribution is 5.25. The minimum atomic E-state index is 0.406. The molecule has 0 atom stereocenters. The average Bonchev–Trinajstić information content (AvgIpc) is 2.06. The van der Waals surface area contributed by atoms with E-state index >= 15 is 0 Å². The van der Waals surface area contributed by atoms with E-state index in [1.807, 2.05) is 0 Å². The van der Waals surface area contributed by atoms with Crippen LogP contribution in [0.3, 0.4) is 0 Å². The van der Waals surface area contributed by atoms with Crippen LogP contribution in [0.4, 0.5) is 0 Å². The lowest BCUT2D eigenvalue weighted by molar-refractivity contribution is 0.142. The minimum Gasteiger partial charge on any atom is -0.325 e. The maximum atomic E-state index is 5.72. The molecule has 70 valence electrons. The van der Waals surface area contributed by atoms with Crippen molar-refractivity contribution in [3.63, 3.8) is 0 Å². The van der Waals surface area contributed by atoms with Crippen molar-refractivity contribution in [1.82, 2.24) is 4.90 Å². The molecule has 1 fully saturated rings. The number of hydrogen-bond acceptors (Lipinski definition) is 2. The Hall–Kier alpha value is -0.860. The molecule has 1 aliphatic heterocycles. The Morgan fingerprint density at radius 2 is 2.08 bits per heavy atom. The third-order valence-electron chi connectivity index (χ3n) is 2.64. The number of rotatable bonds is 2. The Morgan fingerprint density at radius 1 is 1.38 bits per heavy atom. The smallest absolute Gasteiger partial charge is 0.0297 e. The lowest BCUT2D eigenvalue weighted by atomic mass is 10.1. The fourth-order valence-electron chi connectivity index (χ4n) is 1.77. The maximum absolute atomic E-state index is 5.72. The molecule has 0 amide bonds. The fraction of sp³-hybridized carbons (Fsp3) is 0.455. The van der Waals surface area contributed by atoms with Crippen LogP contribution >= 0.6 is 0 Å². The number of benzene rings is 1. The molecule has 0 aliphatic carbocycles. The summed E-state index contributed by atoms with van der Waals surface area (Å²) >= 11 is 0. The summed E-state index contributed by atoms with van der Waals surface area (Å²) < 4.78 is 0. The highest BCUT2D eigenvalue weighted by atomic mass is 15.2. The summed E-state index contributed by atoms with van der Waals surface area (Å²) in [5.74, 6) is 0. The summed E-state index contributed by atoms with van der Waals surface area (Å²) in [4.78, 5) is 2.38. The number of nitrogens with two attached hydrogens (primary N) is 1. The van der Waals surface area contributed by atoms with Crippen LogP contribution < -0.4 is 5.73 Å². The number of likely N-dealkylation sites (tertiary alicyclic amines) is 1. The van der Waals surface area contributed by atoms with Gasteiger partial charge in [0.2, 0.25) is 0 Å². The lowest BCUT2D eigenvalue weighted by Gasteiger charge is -2.37. The van der Waals surface area contributed by atoms with Crippen molar-refractivity contribution in [2.75, 3.05) is 13.1 Å². The Bertz CT molecular complexity index is 290. The summed E-state index contributed by atoms with van der Waals surface area (Å²) in [7, 11) is 0. The van der Waals surface area contributed by atoms with Crippen LogP contribution in [0.25, 0.3) is 0 Å². The summed E-state index contributed by atoms with van der Waals surface area (Å²) in [6.07, 6.45) is 0. The predicted octanol–water partition coefficient (Wildman–Crippen LogP) is 1.14. The van der Waals surface area contributed by atoms with Crippen molar-refractivity contribution in [3.05, 3.63) is 35.4 Å². The zero-order chi connectivity index (χ0) is 9.26. The molecule has 1 aliphatic rings. The normalized spacial score (nSPS) is 18.6. The van der Waals surface area contributed by atoms with Gasteiger partial charge in [0.25, 0.3) is 0 Å². The summed E-state index contributed by atoms with van der Waals surface area (Å²) in [6.45, 7) is 5.32. The van der Waals surface area contributed by atoms with E-state index in [0.29, 0.717) is 6.04 Å². The first-order valence-electron chi connectivity index (χ1n) is 4.78. The largest absolute Gasteiger partial charge is 0.325 e. The molecule has 0 radical (unpaired) electrons. The second-order valence-corrected chi connectivity index (χ2v) is 3.88. The predicted molar refractivity (Wildman–Crippen MR) is 54.4 cm³/mol. The fourth-order valence-corrected chi connectivity index (χ4v) is 1.77. The van der Waals surface area contributed by atoms with Gasteiger partial charge < -0.3 is 5.73 Å². The minimum absolute atomic E-state index is 0.406. The molecule has 2 heteroatoms. The topological polar surface area (TPSA) is 29.3 Å². The zero-order valence-electron chi connectivity index (χ0n) is 8.03. The van der Waals surface area contributed by atoms with Gasteiger partial charge in [-0.15, -0.1) is 0 Å². The standard InChI is InChI=1S/C11H16N2/c1-9-4-2-3-5-10(9)6-13-7-11(12)8-13/h2-5,11H,6-8,12H2,1H3. The van der Waals surface area contributed by atoms with Gasteiger partial charge in [-0.05, 0) is 18.1 Å².